The van der Waals surface area contributed by atoms with Gasteiger partial charge in [0, 0.05) is 50.9 Å². The third-order valence-corrected chi connectivity index (χ3v) is 6.70. The van der Waals surface area contributed by atoms with E-state index in [0.717, 1.165) is 29.5 Å². The van der Waals surface area contributed by atoms with Crippen LogP contribution in [0.2, 0.25) is 0 Å². The Balaban J connectivity index is 1.90. The van der Waals surface area contributed by atoms with Gasteiger partial charge in [-0.15, -0.1) is 0 Å². The van der Waals surface area contributed by atoms with E-state index in [0.29, 0.717) is 49.5 Å². The number of benzene rings is 3. The molecule has 0 radical (unpaired) electrons. The summed E-state index contributed by atoms with van der Waals surface area (Å²) in [5.74, 6) is 0.377. The van der Waals surface area contributed by atoms with Gasteiger partial charge < -0.3 is 25.2 Å². The van der Waals surface area contributed by atoms with Crippen LogP contribution in [0.5, 0.6) is 11.5 Å². The quantitative estimate of drug-likeness (QED) is 0.287. The summed E-state index contributed by atoms with van der Waals surface area (Å²) >= 11 is 0. The number of amides is 1. The van der Waals surface area contributed by atoms with Gasteiger partial charge in [0.05, 0.1) is 13.0 Å². The smallest absolute Gasteiger partial charge is 0.227 e. The number of hydrogen-bond donors (Lipinski definition) is 2. The second kappa shape index (κ2) is 14.5. The SMILES string of the molecule is CCCc1cc(-c2ccccc2F)c(OCCCOC)cc1CC(=O)N(C)[C@@H](CN)Cc1ccc(O)cc1. The van der Waals surface area contributed by atoms with Crippen LogP contribution in [0.4, 0.5) is 4.39 Å². The maximum absolute atomic E-state index is 14.8. The van der Waals surface area contributed by atoms with Gasteiger partial charge in [0.25, 0.3) is 0 Å². The fraction of sp³-hybridized carbons (Fsp3) is 0.387. The number of likely N-dealkylation sites (N-methyl/N-ethyl adjacent to an activating group) is 1. The zero-order valence-electron chi connectivity index (χ0n) is 22.6. The lowest BCUT2D eigenvalue weighted by Gasteiger charge is -2.28. The van der Waals surface area contributed by atoms with E-state index in [9.17, 15) is 14.3 Å². The third-order valence-electron chi connectivity index (χ3n) is 6.70. The maximum atomic E-state index is 14.8. The fourth-order valence-corrected chi connectivity index (χ4v) is 4.50. The molecule has 3 aromatic carbocycles. The van der Waals surface area contributed by atoms with E-state index in [-0.39, 0.29) is 29.9 Å². The molecule has 3 N–H and O–H groups in total. The zero-order chi connectivity index (χ0) is 27.5. The Hall–Kier alpha value is -3.42. The van der Waals surface area contributed by atoms with Crippen molar-refractivity contribution in [1.29, 1.82) is 0 Å². The molecule has 38 heavy (non-hydrogen) atoms. The van der Waals surface area contributed by atoms with Gasteiger partial charge in [-0.05, 0) is 59.9 Å². The fourth-order valence-electron chi connectivity index (χ4n) is 4.50. The van der Waals surface area contributed by atoms with Gasteiger partial charge in [0.2, 0.25) is 5.91 Å². The molecule has 0 unspecified atom stereocenters. The predicted octanol–water partition coefficient (Wildman–Crippen LogP) is 5.14. The first-order valence-electron chi connectivity index (χ1n) is 13.1. The van der Waals surface area contributed by atoms with E-state index in [1.165, 1.54) is 6.07 Å². The monoisotopic (exact) mass is 522 g/mol. The Labute approximate surface area is 225 Å². The number of aryl methyl sites for hydroxylation is 1. The second-order valence-corrected chi connectivity index (χ2v) is 9.48. The van der Waals surface area contributed by atoms with Gasteiger partial charge in [-0.1, -0.05) is 43.7 Å². The molecule has 0 bridgehead atoms. The topological polar surface area (TPSA) is 85.0 Å². The minimum Gasteiger partial charge on any atom is -0.508 e. The number of aromatic hydroxyl groups is 1. The molecule has 3 rings (SSSR count). The highest BCUT2D eigenvalue weighted by Crippen LogP contribution is 2.35. The molecule has 0 saturated carbocycles. The Kier molecular flexibility index (Phi) is 11.1. The Morgan fingerprint density at radius 2 is 1.79 bits per heavy atom. The summed E-state index contributed by atoms with van der Waals surface area (Å²) < 4.78 is 26.0. The number of phenols is 1. The highest BCUT2D eigenvalue weighted by Gasteiger charge is 2.22. The van der Waals surface area contributed by atoms with E-state index in [1.54, 1.807) is 49.4 Å². The summed E-state index contributed by atoms with van der Waals surface area (Å²) in [5.41, 5.74) is 10.1. The predicted molar refractivity (Wildman–Crippen MR) is 149 cm³/mol. The molecule has 0 fully saturated rings. The van der Waals surface area contributed by atoms with Gasteiger partial charge >= 0.3 is 0 Å². The molecule has 0 spiro atoms. The van der Waals surface area contributed by atoms with Crippen LogP contribution in [-0.4, -0.2) is 55.9 Å². The molecule has 0 aliphatic carbocycles. The summed E-state index contributed by atoms with van der Waals surface area (Å²) in [6.07, 6.45) is 3.10. The van der Waals surface area contributed by atoms with Crippen LogP contribution in [0.15, 0.2) is 60.7 Å². The van der Waals surface area contributed by atoms with Gasteiger partial charge in [-0.3, -0.25) is 4.79 Å². The summed E-state index contributed by atoms with van der Waals surface area (Å²) in [7, 11) is 3.41. The lowest BCUT2D eigenvalue weighted by atomic mass is 9.93. The highest BCUT2D eigenvalue weighted by atomic mass is 19.1. The normalized spacial score (nSPS) is 11.8. The molecule has 0 saturated heterocycles. The van der Waals surface area contributed by atoms with Crippen LogP contribution >= 0.6 is 0 Å². The number of rotatable bonds is 14. The van der Waals surface area contributed by atoms with Crippen LogP contribution < -0.4 is 10.5 Å². The van der Waals surface area contributed by atoms with Crippen molar-refractivity contribution in [2.24, 2.45) is 5.73 Å². The van der Waals surface area contributed by atoms with Crippen LogP contribution in [0.25, 0.3) is 11.1 Å². The van der Waals surface area contributed by atoms with E-state index >= 15 is 0 Å². The number of carbonyl (C=O) groups is 1. The molecular formula is C31H39FN2O4. The number of hydrogen-bond acceptors (Lipinski definition) is 5. The highest BCUT2D eigenvalue weighted by molar-refractivity contribution is 5.81. The third kappa shape index (κ3) is 7.79. The molecule has 0 aliphatic rings. The first kappa shape index (κ1) is 29.1. The lowest BCUT2D eigenvalue weighted by molar-refractivity contribution is -0.131. The number of phenolic OH excluding ortho intramolecular Hbond substituents is 1. The van der Waals surface area contributed by atoms with E-state index in [4.69, 9.17) is 15.2 Å². The minimum atomic E-state index is -0.319. The molecule has 1 atom stereocenters. The van der Waals surface area contributed by atoms with Crippen LogP contribution in [0, 0.1) is 5.82 Å². The van der Waals surface area contributed by atoms with Crippen LogP contribution in [-0.2, 0) is 28.8 Å². The van der Waals surface area contributed by atoms with Crippen molar-refractivity contribution in [2.45, 2.75) is 45.1 Å². The number of carbonyl (C=O) groups excluding carboxylic acids is 1. The first-order chi connectivity index (χ1) is 18.4. The van der Waals surface area contributed by atoms with Crippen molar-refractivity contribution < 1.29 is 23.8 Å². The molecular weight excluding hydrogens is 483 g/mol. The molecule has 0 aromatic heterocycles. The lowest BCUT2D eigenvalue weighted by Crippen LogP contribution is -2.44. The van der Waals surface area contributed by atoms with Crippen molar-refractivity contribution >= 4 is 5.91 Å². The molecule has 6 nitrogen and oxygen atoms in total. The summed E-state index contributed by atoms with van der Waals surface area (Å²) in [4.78, 5) is 15.1. The standard InChI is InChI=1S/C31H39FN2O4/c1-4-8-23-18-28(27-9-5-6-10-29(27)32)30(38-16-7-15-37-3)19-24(23)20-31(36)34(2)25(21-33)17-22-11-13-26(35)14-12-22/h5-6,9-14,18-19,25,35H,4,7-8,15-17,20-21,33H2,1-3H3/t25-/m1/s1. The first-order valence-corrected chi connectivity index (χ1v) is 13.1. The molecule has 204 valence electrons. The molecule has 7 heteroatoms. The van der Waals surface area contributed by atoms with Crippen molar-refractivity contribution in [3.05, 3.63) is 83.2 Å². The number of nitrogens with zero attached hydrogens (tertiary/aromatic N) is 1. The summed E-state index contributed by atoms with van der Waals surface area (Å²) in [6, 6.07) is 17.3. The van der Waals surface area contributed by atoms with Crippen molar-refractivity contribution in [3.8, 4) is 22.6 Å². The van der Waals surface area contributed by atoms with Gasteiger partial charge in [0.1, 0.15) is 17.3 Å². The Bertz CT molecular complexity index is 1180. The van der Waals surface area contributed by atoms with Crippen LogP contribution in [0.3, 0.4) is 0 Å². The number of methoxy groups -OCH3 is 1. The molecule has 1 amide bonds. The largest absolute Gasteiger partial charge is 0.508 e. The van der Waals surface area contributed by atoms with E-state index in [1.807, 2.05) is 24.3 Å². The molecule has 0 aliphatic heterocycles. The number of nitrogens with two attached hydrogens (primary N) is 1. The van der Waals surface area contributed by atoms with E-state index < -0.39 is 0 Å². The minimum absolute atomic E-state index is 0.0550. The van der Waals surface area contributed by atoms with Crippen molar-refractivity contribution in [1.82, 2.24) is 4.90 Å². The van der Waals surface area contributed by atoms with Gasteiger partial charge in [-0.25, -0.2) is 4.39 Å². The second-order valence-electron chi connectivity index (χ2n) is 9.48. The zero-order valence-corrected chi connectivity index (χ0v) is 22.6. The number of halogens is 1. The van der Waals surface area contributed by atoms with Crippen molar-refractivity contribution in [3.63, 3.8) is 0 Å². The van der Waals surface area contributed by atoms with Gasteiger partial charge in [0.15, 0.2) is 0 Å². The van der Waals surface area contributed by atoms with Crippen molar-refractivity contribution in [2.75, 3.05) is 33.9 Å². The Morgan fingerprint density at radius 1 is 1.05 bits per heavy atom. The number of ether oxygens (including phenoxy) is 2. The Morgan fingerprint density at radius 3 is 2.45 bits per heavy atom. The van der Waals surface area contributed by atoms with Crippen LogP contribution in [0.1, 0.15) is 36.5 Å². The summed E-state index contributed by atoms with van der Waals surface area (Å²) in [5, 5.41) is 9.56. The molecule has 0 heterocycles. The van der Waals surface area contributed by atoms with E-state index in [2.05, 4.69) is 6.92 Å². The van der Waals surface area contributed by atoms with Gasteiger partial charge in [-0.2, -0.15) is 0 Å². The average Bonchev–Trinajstić information content (AvgIpc) is 2.92. The summed E-state index contributed by atoms with van der Waals surface area (Å²) in [6.45, 7) is 3.36. The molecule has 3 aromatic rings. The maximum Gasteiger partial charge on any atom is 0.227 e. The average molecular weight is 523 g/mol.